The first kappa shape index (κ1) is 23.0. The van der Waals surface area contributed by atoms with E-state index < -0.39 is 28.5 Å². The highest BCUT2D eigenvalue weighted by Crippen LogP contribution is 2.74. The molecule has 7 nitrogen and oxygen atoms in total. The third-order valence-electron chi connectivity index (χ3n) is 10.6. The van der Waals surface area contributed by atoms with Gasteiger partial charge in [0.15, 0.2) is 5.78 Å². The third-order valence-corrected chi connectivity index (χ3v) is 10.6. The standard InChI is InChI=1S/C28H34O7/c1-14(29)33-19-11-17-25(2,3)22(31)21-24(35-21)28(17,6)16-7-9-26(4)18(27(16,19)5)12-20(30)34-23(26)15-8-10-32-13-15/h8,10,12-13,16-17,19,21,23-24H,7,9,11H2,1-6H3/t16-,17-,19+,21-,23+,24+,26+,27+,28-/m0/s1. The molecule has 4 fully saturated rings. The fraction of sp³-hybridized carbons (Fsp3) is 0.679. The number of Topliss-reactive ketones (excluding diaryl/α,β-unsaturated/α-hetero) is 1. The summed E-state index contributed by atoms with van der Waals surface area (Å²) < 4.78 is 23.4. The predicted molar refractivity (Wildman–Crippen MR) is 124 cm³/mol. The number of rotatable bonds is 2. The molecule has 7 heteroatoms. The highest BCUT2D eigenvalue weighted by molar-refractivity contribution is 5.93. The first-order valence-corrected chi connectivity index (χ1v) is 12.7. The van der Waals surface area contributed by atoms with Gasteiger partial charge in [-0.1, -0.05) is 34.6 Å². The molecule has 0 spiro atoms. The SMILES string of the molecule is CC(=O)O[C@@H]1C[C@H]2C(C)(C)C(=O)[C@@H]3O[C@H]3[C@@]2(C)[C@H]2CC[C@]3(C)C(=CC(=O)O[C@@H]3c3ccoc3)[C@]12C. The average Bonchev–Trinajstić information content (AvgIpc) is 3.41. The van der Waals surface area contributed by atoms with Crippen molar-refractivity contribution in [2.45, 2.75) is 85.2 Å². The number of furan rings is 1. The van der Waals surface area contributed by atoms with E-state index in [0.29, 0.717) is 6.42 Å². The van der Waals surface area contributed by atoms with Crippen LogP contribution in [-0.4, -0.2) is 36.0 Å². The molecular formula is C28H34O7. The van der Waals surface area contributed by atoms with E-state index in [1.165, 1.54) is 6.92 Å². The van der Waals surface area contributed by atoms with Crippen molar-refractivity contribution in [3.05, 3.63) is 35.8 Å². The van der Waals surface area contributed by atoms with Gasteiger partial charge in [-0.25, -0.2) is 4.79 Å². The Hall–Kier alpha value is -2.41. The molecule has 6 rings (SSSR count). The highest BCUT2D eigenvalue weighted by Gasteiger charge is 2.77. The van der Waals surface area contributed by atoms with E-state index in [4.69, 9.17) is 18.6 Å². The van der Waals surface area contributed by atoms with Crippen molar-refractivity contribution in [1.82, 2.24) is 0 Å². The fourth-order valence-corrected chi connectivity index (χ4v) is 9.01. The Bertz CT molecular complexity index is 1150. The summed E-state index contributed by atoms with van der Waals surface area (Å²) >= 11 is 0. The normalized spacial score (nSPS) is 47.3. The smallest absolute Gasteiger partial charge is 0.331 e. The van der Waals surface area contributed by atoms with Gasteiger partial charge in [-0.2, -0.15) is 0 Å². The molecular weight excluding hydrogens is 448 g/mol. The number of esters is 2. The van der Waals surface area contributed by atoms with Crippen LogP contribution >= 0.6 is 0 Å². The van der Waals surface area contributed by atoms with Gasteiger partial charge in [-0.15, -0.1) is 0 Å². The molecule has 3 aliphatic carbocycles. The molecule has 1 aromatic heterocycles. The zero-order valence-electron chi connectivity index (χ0n) is 21.3. The molecule has 3 heterocycles. The number of carbonyl (C=O) groups excluding carboxylic acids is 3. The maximum Gasteiger partial charge on any atom is 0.331 e. The second kappa shape index (κ2) is 6.87. The molecule has 1 saturated heterocycles. The predicted octanol–water partition coefficient (Wildman–Crippen LogP) is 4.56. The number of epoxide rings is 1. The number of hydrogen-bond donors (Lipinski definition) is 0. The first-order valence-electron chi connectivity index (χ1n) is 12.7. The lowest BCUT2D eigenvalue weighted by Gasteiger charge is -2.67. The van der Waals surface area contributed by atoms with Gasteiger partial charge in [0.25, 0.3) is 0 Å². The Balaban J connectivity index is 1.53. The van der Waals surface area contributed by atoms with Gasteiger partial charge in [-0.05, 0) is 42.7 Å². The lowest BCUT2D eigenvalue weighted by molar-refractivity contribution is -0.209. The Morgan fingerprint density at radius 2 is 1.86 bits per heavy atom. The molecule has 5 aliphatic rings. The quantitative estimate of drug-likeness (QED) is 0.450. The van der Waals surface area contributed by atoms with Crippen molar-refractivity contribution < 1.29 is 33.0 Å². The van der Waals surface area contributed by atoms with Crippen molar-refractivity contribution in [1.29, 1.82) is 0 Å². The lowest BCUT2D eigenvalue weighted by Crippen LogP contribution is -2.68. The minimum Gasteiger partial charge on any atom is -0.472 e. The molecule has 1 aromatic rings. The molecule has 0 N–H and O–H groups in total. The van der Waals surface area contributed by atoms with Gasteiger partial charge in [0.2, 0.25) is 0 Å². The van der Waals surface area contributed by atoms with Crippen LogP contribution in [0.1, 0.15) is 72.5 Å². The summed E-state index contributed by atoms with van der Waals surface area (Å²) in [7, 11) is 0. The zero-order chi connectivity index (χ0) is 25.1. The Labute approximate surface area is 205 Å². The Morgan fingerprint density at radius 1 is 1.11 bits per heavy atom. The molecule has 0 aromatic carbocycles. The summed E-state index contributed by atoms with van der Waals surface area (Å²) in [6.07, 6.45) is 5.62. The van der Waals surface area contributed by atoms with Crippen LogP contribution in [0.3, 0.4) is 0 Å². The minimum absolute atomic E-state index is 0.00107. The largest absolute Gasteiger partial charge is 0.472 e. The van der Waals surface area contributed by atoms with Crippen molar-refractivity contribution in [3.63, 3.8) is 0 Å². The van der Waals surface area contributed by atoms with Crippen molar-refractivity contribution in [2.24, 2.45) is 33.5 Å². The summed E-state index contributed by atoms with van der Waals surface area (Å²) in [6.45, 7) is 12.0. The van der Waals surface area contributed by atoms with Crippen molar-refractivity contribution in [2.75, 3.05) is 0 Å². The van der Waals surface area contributed by atoms with Gasteiger partial charge >= 0.3 is 11.9 Å². The summed E-state index contributed by atoms with van der Waals surface area (Å²) in [5.41, 5.74) is -0.171. The van der Waals surface area contributed by atoms with E-state index >= 15 is 0 Å². The number of cyclic esters (lactones) is 1. The monoisotopic (exact) mass is 482 g/mol. The van der Waals surface area contributed by atoms with E-state index in [9.17, 15) is 14.4 Å². The number of fused-ring (bicyclic) bond motifs is 7. The van der Waals surface area contributed by atoms with Crippen LogP contribution in [-0.2, 0) is 28.6 Å². The summed E-state index contributed by atoms with van der Waals surface area (Å²) in [6, 6.07) is 1.85. The maximum absolute atomic E-state index is 13.2. The summed E-state index contributed by atoms with van der Waals surface area (Å²) in [4.78, 5) is 38.6. The molecule has 0 radical (unpaired) electrons. The summed E-state index contributed by atoms with van der Waals surface area (Å²) in [5, 5.41) is 0. The first-order chi connectivity index (χ1) is 16.4. The van der Waals surface area contributed by atoms with Crippen LogP contribution in [0.4, 0.5) is 0 Å². The molecule has 35 heavy (non-hydrogen) atoms. The Kier molecular flexibility index (Phi) is 4.52. The second-order valence-corrected chi connectivity index (χ2v) is 12.5. The number of ketones is 1. The molecule has 9 atom stereocenters. The van der Waals surface area contributed by atoms with Crippen LogP contribution in [0.25, 0.3) is 0 Å². The van der Waals surface area contributed by atoms with E-state index in [1.54, 1.807) is 18.6 Å². The van der Waals surface area contributed by atoms with E-state index in [1.807, 2.05) is 19.9 Å². The van der Waals surface area contributed by atoms with E-state index in [2.05, 4.69) is 20.8 Å². The molecule has 2 aliphatic heterocycles. The number of ether oxygens (including phenoxy) is 3. The second-order valence-electron chi connectivity index (χ2n) is 12.5. The highest BCUT2D eigenvalue weighted by atomic mass is 16.6. The summed E-state index contributed by atoms with van der Waals surface area (Å²) in [5.74, 6) is -0.526. The Morgan fingerprint density at radius 3 is 2.51 bits per heavy atom. The van der Waals surface area contributed by atoms with E-state index in [-0.39, 0.29) is 47.2 Å². The average molecular weight is 483 g/mol. The van der Waals surface area contributed by atoms with Crippen LogP contribution in [0.5, 0.6) is 0 Å². The lowest BCUT2D eigenvalue weighted by atomic mass is 9.37. The number of hydrogen-bond acceptors (Lipinski definition) is 7. The maximum atomic E-state index is 13.2. The molecule has 0 unspecified atom stereocenters. The number of carbonyl (C=O) groups is 3. The topological polar surface area (TPSA) is 95.3 Å². The van der Waals surface area contributed by atoms with Gasteiger partial charge in [0.05, 0.1) is 18.6 Å². The third kappa shape index (κ3) is 2.73. The minimum atomic E-state index is -0.613. The van der Waals surface area contributed by atoms with Gasteiger partial charge in [-0.3, -0.25) is 9.59 Å². The van der Waals surface area contributed by atoms with E-state index in [0.717, 1.165) is 24.0 Å². The molecule has 0 bridgehead atoms. The fourth-order valence-electron chi connectivity index (χ4n) is 9.01. The zero-order valence-corrected chi connectivity index (χ0v) is 21.3. The van der Waals surface area contributed by atoms with Crippen LogP contribution in [0, 0.1) is 33.5 Å². The molecule has 188 valence electrons. The van der Waals surface area contributed by atoms with Crippen LogP contribution in [0.15, 0.2) is 34.7 Å². The van der Waals surface area contributed by atoms with Gasteiger partial charge in [0, 0.05) is 40.2 Å². The molecule has 3 saturated carbocycles. The van der Waals surface area contributed by atoms with Gasteiger partial charge < -0.3 is 18.6 Å². The van der Waals surface area contributed by atoms with Gasteiger partial charge in [0.1, 0.15) is 18.3 Å². The van der Waals surface area contributed by atoms with Crippen molar-refractivity contribution >= 4 is 17.7 Å². The van der Waals surface area contributed by atoms with Crippen LogP contribution < -0.4 is 0 Å². The molecule has 0 amide bonds. The van der Waals surface area contributed by atoms with Crippen molar-refractivity contribution in [3.8, 4) is 0 Å². The van der Waals surface area contributed by atoms with Crippen LogP contribution in [0.2, 0.25) is 0 Å².